The molecule has 0 heterocycles. The lowest BCUT2D eigenvalue weighted by Gasteiger charge is -2.06. The van der Waals surface area contributed by atoms with E-state index in [-0.39, 0.29) is 5.91 Å². The fourth-order valence-electron chi connectivity index (χ4n) is 1.71. The molecule has 3 heteroatoms. The van der Waals surface area contributed by atoms with Crippen molar-refractivity contribution in [3.8, 4) is 0 Å². The van der Waals surface area contributed by atoms with Crippen LogP contribution in [0.4, 0.5) is 0 Å². The number of amides is 1. The van der Waals surface area contributed by atoms with E-state index in [9.17, 15) is 4.79 Å². The minimum absolute atomic E-state index is 0.0431. The molecule has 0 fully saturated rings. The summed E-state index contributed by atoms with van der Waals surface area (Å²) in [6.07, 6.45) is 0.844. The van der Waals surface area contributed by atoms with Crippen molar-refractivity contribution in [2.75, 3.05) is 6.54 Å². The van der Waals surface area contributed by atoms with Gasteiger partial charge in [-0.05, 0) is 40.0 Å². The number of hydrogen-bond donors (Lipinski definition) is 1. The van der Waals surface area contributed by atoms with Crippen molar-refractivity contribution in [1.29, 1.82) is 0 Å². The van der Waals surface area contributed by atoms with Gasteiger partial charge in [-0.3, -0.25) is 4.79 Å². The van der Waals surface area contributed by atoms with Crippen LogP contribution >= 0.6 is 15.9 Å². The second kappa shape index (κ2) is 6.36. The third-order valence-electron chi connectivity index (χ3n) is 2.66. The fraction of sp³-hybridized carbons (Fsp3) is 0.133. The summed E-state index contributed by atoms with van der Waals surface area (Å²) < 4.78 is 0.821. The SMILES string of the molecule is O=C(NCCc1ccccc1)c1ccccc1Br. The summed E-state index contributed by atoms with van der Waals surface area (Å²) in [6.45, 7) is 0.643. The van der Waals surface area contributed by atoms with Crippen molar-refractivity contribution in [2.45, 2.75) is 6.42 Å². The van der Waals surface area contributed by atoms with Gasteiger partial charge in [0.1, 0.15) is 0 Å². The summed E-state index contributed by atoms with van der Waals surface area (Å²) in [5.74, 6) is -0.0431. The molecule has 0 aliphatic carbocycles. The molecule has 1 amide bonds. The lowest BCUT2D eigenvalue weighted by molar-refractivity contribution is 0.0953. The summed E-state index contributed by atoms with van der Waals surface area (Å²) in [5, 5.41) is 2.92. The Balaban J connectivity index is 1.88. The Morgan fingerprint density at radius 2 is 1.67 bits per heavy atom. The number of benzene rings is 2. The largest absolute Gasteiger partial charge is 0.352 e. The molecule has 18 heavy (non-hydrogen) atoms. The van der Waals surface area contributed by atoms with Crippen LogP contribution in [0.15, 0.2) is 59.1 Å². The van der Waals surface area contributed by atoms with E-state index in [4.69, 9.17) is 0 Å². The molecule has 2 aromatic rings. The molecule has 0 bridgehead atoms. The maximum absolute atomic E-state index is 11.9. The van der Waals surface area contributed by atoms with Gasteiger partial charge in [0.25, 0.3) is 5.91 Å². The molecular weight excluding hydrogens is 290 g/mol. The van der Waals surface area contributed by atoms with E-state index in [1.165, 1.54) is 5.56 Å². The quantitative estimate of drug-likeness (QED) is 0.921. The van der Waals surface area contributed by atoms with Gasteiger partial charge in [-0.25, -0.2) is 0 Å². The third-order valence-corrected chi connectivity index (χ3v) is 3.35. The Kier molecular flexibility index (Phi) is 4.53. The summed E-state index contributed by atoms with van der Waals surface area (Å²) in [4.78, 5) is 11.9. The normalized spacial score (nSPS) is 10.1. The molecule has 0 unspecified atom stereocenters. The van der Waals surface area contributed by atoms with Crippen molar-refractivity contribution in [3.05, 3.63) is 70.2 Å². The first-order valence-corrected chi connectivity index (χ1v) is 6.63. The molecule has 0 saturated heterocycles. The highest BCUT2D eigenvalue weighted by molar-refractivity contribution is 9.10. The number of carbonyl (C=O) groups excluding carboxylic acids is 1. The zero-order chi connectivity index (χ0) is 12.8. The minimum atomic E-state index is -0.0431. The molecule has 0 aliphatic rings. The van der Waals surface area contributed by atoms with E-state index >= 15 is 0 Å². The predicted octanol–water partition coefficient (Wildman–Crippen LogP) is 3.42. The number of hydrogen-bond acceptors (Lipinski definition) is 1. The zero-order valence-corrected chi connectivity index (χ0v) is 11.5. The Morgan fingerprint density at radius 1 is 1.00 bits per heavy atom. The van der Waals surface area contributed by atoms with Crippen LogP contribution in [0.2, 0.25) is 0 Å². The van der Waals surface area contributed by atoms with Crippen LogP contribution in [-0.2, 0) is 6.42 Å². The van der Waals surface area contributed by atoms with Gasteiger partial charge in [0.2, 0.25) is 0 Å². The van der Waals surface area contributed by atoms with Crippen LogP contribution in [0.3, 0.4) is 0 Å². The van der Waals surface area contributed by atoms with E-state index in [0.29, 0.717) is 12.1 Å². The maximum atomic E-state index is 11.9. The summed E-state index contributed by atoms with van der Waals surface area (Å²) >= 11 is 3.37. The van der Waals surface area contributed by atoms with Crippen LogP contribution in [0.5, 0.6) is 0 Å². The van der Waals surface area contributed by atoms with Gasteiger partial charge in [-0.15, -0.1) is 0 Å². The van der Waals surface area contributed by atoms with Crippen molar-refractivity contribution in [1.82, 2.24) is 5.32 Å². The Bertz CT molecular complexity index is 525. The molecule has 0 aliphatic heterocycles. The van der Waals surface area contributed by atoms with Gasteiger partial charge in [-0.1, -0.05) is 42.5 Å². The predicted molar refractivity (Wildman–Crippen MR) is 76.6 cm³/mol. The highest BCUT2D eigenvalue weighted by atomic mass is 79.9. The van der Waals surface area contributed by atoms with Crippen molar-refractivity contribution in [3.63, 3.8) is 0 Å². The lowest BCUT2D eigenvalue weighted by Crippen LogP contribution is -2.25. The summed E-state index contributed by atoms with van der Waals surface area (Å²) in [6, 6.07) is 17.5. The number of halogens is 1. The van der Waals surface area contributed by atoms with Crippen LogP contribution in [0.1, 0.15) is 15.9 Å². The van der Waals surface area contributed by atoms with Gasteiger partial charge in [0.05, 0.1) is 5.56 Å². The second-order valence-electron chi connectivity index (χ2n) is 3.97. The molecule has 92 valence electrons. The zero-order valence-electron chi connectivity index (χ0n) is 9.90. The molecule has 1 N–H and O–H groups in total. The van der Waals surface area contributed by atoms with E-state index in [1.807, 2.05) is 42.5 Å². The van der Waals surface area contributed by atoms with Crippen molar-refractivity contribution >= 4 is 21.8 Å². The molecule has 2 nitrogen and oxygen atoms in total. The van der Waals surface area contributed by atoms with Crippen LogP contribution in [0.25, 0.3) is 0 Å². The molecule has 2 rings (SSSR count). The number of carbonyl (C=O) groups is 1. The van der Waals surface area contributed by atoms with Gasteiger partial charge in [0.15, 0.2) is 0 Å². The minimum Gasteiger partial charge on any atom is -0.352 e. The molecule has 2 aromatic carbocycles. The van der Waals surface area contributed by atoms with Crippen molar-refractivity contribution < 1.29 is 4.79 Å². The second-order valence-corrected chi connectivity index (χ2v) is 4.83. The fourth-order valence-corrected chi connectivity index (χ4v) is 2.17. The van der Waals surface area contributed by atoms with Crippen LogP contribution < -0.4 is 5.32 Å². The van der Waals surface area contributed by atoms with Crippen LogP contribution in [0, 0.1) is 0 Å². The summed E-state index contributed by atoms with van der Waals surface area (Å²) in [7, 11) is 0. The monoisotopic (exact) mass is 303 g/mol. The standard InChI is InChI=1S/C15H14BrNO/c16-14-9-5-4-8-13(14)15(18)17-11-10-12-6-2-1-3-7-12/h1-9H,10-11H2,(H,17,18). The van der Waals surface area contributed by atoms with E-state index in [0.717, 1.165) is 10.9 Å². The van der Waals surface area contributed by atoms with E-state index in [2.05, 4.69) is 33.4 Å². The van der Waals surface area contributed by atoms with Gasteiger partial charge in [-0.2, -0.15) is 0 Å². The summed E-state index contributed by atoms with van der Waals surface area (Å²) in [5.41, 5.74) is 1.90. The first kappa shape index (κ1) is 12.8. The number of rotatable bonds is 4. The average Bonchev–Trinajstić information content (AvgIpc) is 2.40. The van der Waals surface area contributed by atoms with E-state index in [1.54, 1.807) is 0 Å². The topological polar surface area (TPSA) is 29.1 Å². The molecule has 0 radical (unpaired) electrons. The number of nitrogens with one attached hydrogen (secondary N) is 1. The highest BCUT2D eigenvalue weighted by Gasteiger charge is 2.07. The Hall–Kier alpha value is -1.61. The van der Waals surface area contributed by atoms with Crippen LogP contribution in [-0.4, -0.2) is 12.5 Å². The maximum Gasteiger partial charge on any atom is 0.252 e. The first-order valence-electron chi connectivity index (χ1n) is 5.84. The molecule has 0 saturated carbocycles. The first-order chi connectivity index (χ1) is 8.77. The Labute approximate surface area is 115 Å². The third kappa shape index (κ3) is 3.44. The Morgan fingerprint density at radius 3 is 2.39 bits per heavy atom. The molecule has 0 atom stereocenters. The van der Waals surface area contributed by atoms with Gasteiger partial charge < -0.3 is 5.32 Å². The van der Waals surface area contributed by atoms with E-state index < -0.39 is 0 Å². The average molecular weight is 304 g/mol. The van der Waals surface area contributed by atoms with Gasteiger partial charge in [0, 0.05) is 11.0 Å². The lowest BCUT2D eigenvalue weighted by atomic mass is 10.1. The smallest absolute Gasteiger partial charge is 0.252 e. The highest BCUT2D eigenvalue weighted by Crippen LogP contribution is 2.15. The van der Waals surface area contributed by atoms with Gasteiger partial charge >= 0.3 is 0 Å². The molecule has 0 spiro atoms. The molecule has 0 aromatic heterocycles. The molecular formula is C15H14BrNO. The van der Waals surface area contributed by atoms with Crippen molar-refractivity contribution in [2.24, 2.45) is 0 Å².